The molecule has 0 bridgehead atoms. The molecule has 1 aliphatic heterocycles. The molecule has 0 spiro atoms. The van der Waals surface area contributed by atoms with E-state index in [2.05, 4.69) is 31.6 Å². The van der Waals surface area contributed by atoms with E-state index in [9.17, 15) is 8.42 Å². The number of aromatic nitrogens is 1. The smallest absolute Gasteiger partial charge is 0.229 e. The van der Waals surface area contributed by atoms with Crippen LogP contribution >= 0.6 is 0 Å². The minimum Gasteiger partial charge on any atom is -0.497 e. The second-order valence-electron chi connectivity index (χ2n) is 5.95. The van der Waals surface area contributed by atoms with Gasteiger partial charge in [-0.25, -0.2) is 13.4 Å². The number of methoxy groups -OCH3 is 1. The van der Waals surface area contributed by atoms with E-state index in [1.54, 1.807) is 19.4 Å². The van der Waals surface area contributed by atoms with Crippen molar-refractivity contribution in [3.63, 3.8) is 0 Å². The summed E-state index contributed by atoms with van der Waals surface area (Å²) in [7, 11) is -1.61. The normalized spacial score (nSPS) is 15.1. The van der Waals surface area contributed by atoms with E-state index in [1.165, 1.54) is 5.69 Å². The lowest BCUT2D eigenvalue weighted by Gasteiger charge is -2.36. The molecular weight excluding hydrogens is 340 g/mol. The summed E-state index contributed by atoms with van der Waals surface area (Å²) in [4.78, 5) is 8.90. The predicted octanol–water partition coefficient (Wildman–Crippen LogP) is 1.79. The minimum atomic E-state index is -3.28. The highest BCUT2D eigenvalue weighted by molar-refractivity contribution is 7.92. The third kappa shape index (κ3) is 4.54. The zero-order valence-corrected chi connectivity index (χ0v) is 15.2. The molecule has 3 rings (SSSR count). The topological polar surface area (TPSA) is 74.8 Å². The fourth-order valence-electron chi connectivity index (χ4n) is 2.83. The van der Waals surface area contributed by atoms with Crippen molar-refractivity contribution in [1.29, 1.82) is 0 Å². The first kappa shape index (κ1) is 17.3. The molecule has 1 saturated heterocycles. The van der Waals surface area contributed by atoms with Crippen LogP contribution in [0.15, 0.2) is 42.6 Å². The second-order valence-corrected chi connectivity index (χ2v) is 7.70. The highest BCUT2D eigenvalue weighted by Crippen LogP contribution is 2.22. The van der Waals surface area contributed by atoms with Crippen molar-refractivity contribution in [3.05, 3.63) is 42.6 Å². The molecule has 2 heterocycles. The first-order valence-corrected chi connectivity index (χ1v) is 9.91. The Kier molecular flexibility index (Phi) is 4.98. The molecule has 1 N–H and O–H groups in total. The maximum absolute atomic E-state index is 11.2. The van der Waals surface area contributed by atoms with E-state index in [1.807, 2.05) is 18.2 Å². The van der Waals surface area contributed by atoms with Crippen LogP contribution in [0.25, 0.3) is 0 Å². The maximum Gasteiger partial charge on any atom is 0.229 e. The number of ether oxygens (including phenoxy) is 1. The van der Waals surface area contributed by atoms with E-state index >= 15 is 0 Å². The minimum absolute atomic E-state index is 0.475. The van der Waals surface area contributed by atoms with Crippen LogP contribution in [0.2, 0.25) is 0 Å². The Hall–Kier alpha value is -2.48. The number of rotatable bonds is 5. The van der Waals surface area contributed by atoms with Gasteiger partial charge < -0.3 is 14.5 Å². The molecule has 0 aliphatic carbocycles. The monoisotopic (exact) mass is 362 g/mol. The van der Waals surface area contributed by atoms with Gasteiger partial charge in [0.05, 0.1) is 25.2 Å². The highest BCUT2D eigenvalue weighted by Gasteiger charge is 2.18. The van der Waals surface area contributed by atoms with Gasteiger partial charge in [0.2, 0.25) is 10.0 Å². The molecule has 134 valence electrons. The molecule has 0 unspecified atom stereocenters. The fourth-order valence-corrected chi connectivity index (χ4v) is 3.38. The predicted molar refractivity (Wildman–Crippen MR) is 100 cm³/mol. The zero-order chi connectivity index (χ0) is 17.9. The van der Waals surface area contributed by atoms with Gasteiger partial charge >= 0.3 is 0 Å². The number of sulfonamides is 1. The number of anilines is 3. The Morgan fingerprint density at radius 2 is 1.64 bits per heavy atom. The van der Waals surface area contributed by atoms with Crippen LogP contribution < -0.4 is 19.3 Å². The van der Waals surface area contributed by atoms with Gasteiger partial charge in [0.1, 0.15) is 11.6 Å². The highest BCUT2D eigenvalue weighted by atomic mass is 32.2. The third-order valence-electron chi connectivity index (χ3n) is 4.09. The lowest BCUT2D eigenvalue weighted by molar-refractivity contribution is 0.415. The van der Waals surface area contributed by atoms with Gasteiger partial charge in [-0.15, -0.1) is 0 Å². The molecule has 8 heteroatoms. The van der Waals surface area contributed by atoms with E-state index in [4.69, 9.17) is 4.74 Å². The second kappa shape index (κ2) is 7.18. The molecule has 0 amide bonds. The van der Waals surface area contributed by atoms with Crippen molar-refractivity contribution in [2.24, 2.45) is 0 Å². The molecule has 0 radical (unpaired) electrons. The van der Waals surface area contributed by atoms with Crippen molar-refractivity contribution in [1.82, 2.24) is 4.98 Å². The number of nitrogens with zero attached hydrogens (tertiary/aromatic N) is 3. The Labute approximate surface area is 148 Å². The average molecular weight is 362 g/mol. The molecule has 1 fully saturated rings. The van der Waals surface area contributed by atoms with Crippen molar-refractivity contribution >= 4 is 27.2 Å². The van der Waals surface area contributed by atoms with Gasteiger partial charge in [0, 0.05) is 31.9 Å². The SMILES string of the molecule is COc1ccc(N2CCN(c3ccc(NS(C)(=O)=O)cn3)CC2)cc1. The van der Waals surface area contributed by atoms with Crippen LogP contribution in [-0.4, -0.2) is 52.9 Å². The maximum atomic E-state index is 11.2. The number of piperazine rings is 1. The van der Waals surface area contributed by atoms with Crippen LogP contribution in [0.5, 0.6) is 5.75 Å². The van der Waals surface area contributed by atoms with E-state index in [-0.39, 0.29) is 0 Å². The van der Waals surface area contributed by atoms with E-state index < -0.39 is 10.0 Å². The van der Waals surface area contributed by atoms with Crippen molar-refractivity contribution in [2.45, 2.75) is 0 Å². The molecule has 1 aliphatic rings. The first-order valence-electron chi connectivity index (χ1n) is 8.02. The number of pyridine rings is 1. The lowest BCUT2D eigenvalue weighted by atomic mass is 10.2. The van der Waals surface area contributed by atoms with Gasteiger partial charge in [0.15, 0.2) is 0 Å². The van der Waals surface area contributed by atoms with E-state index in [0.717, 1.165) is 44.0 Å². The Balaban J connectivity index is 1.60. The van der Waals surface area contributed by atoms with Crippen molar-refractivity contribution in [2.75, 3.05) is 54.1 Å². The van der Waals surface area contributed by atoms with Crippen LogP contribution in [0.3, 0.4) is 0 Å². The van der Waals surface area contributed by atoms with Gasteiger partial charge in [-0.3, -0.25) is 4.72 Å². The molecule has 25 heavy (non-hydrogen) atoms. The van der Waals surface area contributed by atoms with Crippen LogP contribution in [0.4, 0.5) is 17.2 Å². The lowest BCUT2D eigenvalue weighted by Crippen LogP contribution is -2.46. The van der Waals surface area contributed by atoms with Gasteiger partial charge in [0.25, 0.3) is 0 Å². The largest absolute Gasteiger partial charge is 0.497 e. The number of nitrogens with one attached hydrogen (secondary N) is 1. The summed E-state index contributed by atoms with van der Waals surface area (Å²) in [5.41, 5.74) is 1.66. The molecule has 0 saturated carbocycles. The third-order valence-corrected chi connectivity index (χ3v) is 4.70. The van der Waals surface area contributed by atoms with Gasteiger partial charge in [-0.2, -0.15) is 0 Å². The summed E-state index contributed by atoms with van der Waals surface area (Å²) in [5.74, 6) is 1.71. The standard InChI is InChI=1S/C17H22N4O3S/c1-24-16-6-4-15(5-7-16)20-9-11-21(12-10-20)17-8-3-14(13-18-17)19-25(2,22)23/h3-8,13,19H,9-12H2,1-2H3. The molecule has 1 aromatic carbocycles. The number of hydrogen-bond acceptors (Lipinski definition) is 6. The Bertz CT molecular complexity index is 799. The summed E-state index contributed by atoms with van der Waals surface area (Å²) in [6, 6.07) is 11.7. The van der Waals surface area contributed by atoms with Gasteiger partial charge in [-0.05, 0) is 36.4 Å². The summed E-state index contributed by atoms with van der Waals surface area (Å²) in [6.07, 6.45) is 2.67. The molecule has 0 atom stereocenters. The van der Waals surface area contributed by atoms with Crippen LogP contribution in [0.1, 0.15) is 0 Å². The summed E-state index contributed by atoms with van der Waals surface area (Å²) in [6.45, 7) is 3.52. The average Bonchev–Trinajstić information content (AvgIpc) is 2.61. The van der Waals surface area contributed by atoms with Crippen molar-refractivity contribution in [3.8, 4) is 5.75 Å². The first-order chi connectivity index (χ1) is 11.9. The molecule has 7 nitrogen and oxygen atoms in total. The van der Waals surface area contributed by atoms with Gasteiger partial charge in [-0.1, -0.05) is 0 Å². The van der Waals surface area contributed by atoms with Crippen LogP contribution in [-0.2, 0) is 10.0 Å². The molecule has 1 aromatic heterocycles. The summed E-state index contributed by atoms with van der Waals surface area (Å²) >= 11 is 0. The quantitative estimate of drug-likeness (QED) is 0.874. The number of hydrogen-bond donors (Lipinski definition) is 1. The fraction of sp³-hybridized carbons (Fsp3) is 0.353. The zero-order valence-electron chi connectivity index (χ0n) is 14.3. The Morgan fingerprint density at radius 3 is 2.16 bits per heavy atom. The summed E-state index contributed by atoms with van der Waals surface area (Å²) < 4.78 is 30.1. The van der Waals surface area contributed by atoms with Crippen LogP contribution in [0, 0.1) is 0 Å². The number of benzene rings is 1. The Morgan fingerprint density at radius 1 is 1.00 bits per heavy atom. The molecular formula is C17H22N4O3S. The molecule has 2 aromatic rings. The summed E-state index contributed by atoms with van der Waals surface area (Å²) in [5, 5.41) is 0. The van der Waals surface area contributed by atoms with Crippen molar-refractivity contribution < 1.29 is 13.2 Å². The van der Waals surface area contributed by atoms with E-state index in [0.29, 0.717) is 5.69 Å².